The molecular formula is C15H25N3. The van der Waals surface area contributed by atoms with E-state index in [1.807, 2.05) is 12.4 Å². The zero-order valence-electron chi connectivity index (χ0n) is 11.8. The molecule has 0 saturated heterocycles. The van der Waals surface area contributed by atoms with Crippen LogP contribution < -0.4 is 10.2 Å². The standard InChI is InChI=1S/C15H25N3/c1-4-18(14-5-6-14)15-11-16-8-7-13(15)10-17-9-12(2)3/h7-8,11-12,14,17H,4-6,9-10H2,1-3H3. The van der Waals surface area contributed by atoms with Crippen LogP contribution in [0.5, 0.6) is 0 Å². The summed E-state index contributed by atoms with van der Waals surface area (Å²) in [6.07, 6.45) is 6.59. The molecule has 1 aromatic rings. The van der Waals surface area contributed by atoms with Gasteiger partial charge in [-0.25, -0.2) is 0 Å². The molecule has 0 spiro atoms. The summed E-state index contributed by atoms with van der Waals surface area (Å²) in [5.41, 5.74) is 2.69. The summed E-state index contributed by atoms with van der Waals surface area (Å²) in [5, 5.41) is 3.53. The zero-order chi connectivity index (χ0) is 13.0. The molecule has 1 saturated carbocycles. The third-order valence-corrected chi connectivity index (χ3v) is 3.39. The first-order chi connectivity index (χ1) is 8.72. The van der Waals surface area contributed by atoms with Crippen molar-refractivity contribution in [2.24, 2.45) is 5.92 Å². The highest BCUT2D eigenvalue weighted by Gasteiger charge is 2.29. The molecule has 0 bridgehead atoms. The molecule has 1 N–H and O–H groups in total. The van der Waals surface area contributed by atoms with Gasteiger partial charge in [-0.15, -0.1) is 0 Å². The van der Waals surface area contributed by atoms with Gasteiger partial charge in [0.15, 0.2) is 0 Å². The maximum atomic E-state index is 4.30. The van der Waals surface area contributed by atoms with E-state index < -0.39 is 0 Å². The van der Waals surface area contributed by atoms with Crippen molar-refractivity contribution in [3.63, 3.8) is 0 Å². The van der Waals surface area contributed by atoms with E-state index in [1.54, 1.807) is 0 Å². The normalized spacial score (nSPS) is 15.1. The minimum Gasteiger partial charge on any atom is -0.367 e. The second-order valence-corrected chi connectivity index (χ2v) is 5.55. The predicted molar refractivity (Wildman–Crippen MR) is 76.8 cm³/mol. The Morgan fingerprint density at radius 2 is 2.22 bits per heavy atom. The van der Waals surface area contributed by atoms with Gasteiger partial charge in [-0.05, 0) is 43.9 Å². The lowest BCUT2D eigenvalue weighted by molar-refractivity contribution is 0.551. The Bertz CT molecular complexity index is 372. The van der Waals surface area contributed by atoms with Gasteiger partial charge in [0.05, 0.1) is 11.9 Å². The van der Waals surface area contributed by atoms with Crippen molar-refractivity contribution in [1.29, 1.82) is 0 Å². The van der Waals surface area contributed by atoms with Crippen LogP contribution in [-0.2, 0) is 6.54 Å². The molecule has 0 aliphatic heterocycles. The first-order valence-electron chi connectivity index (χ1n) is 7.12. The number of rotatable bonds is 7. The Kier molecular flexibility index (Phi) is 4.59. The Morgan fingerprint density at radius 3 is 2.83 bits per heavy atom. The largest absolute Gasteiger partial charge is 0.367 e. The number of nitrogens with one attached hydrogen (secondary N) is 1. The molecule has 18 heavy (non-hydrogen) atoms. The van der Waals surface area contributed by atoms with Crippen LogP contribution in [0.15, 0.2) is 18.5 Å². The van der Waals surface area contributed by atoms with E-state index in [0.29, 0.717) is 5.92 Å². The topological polar surface area (TPSA) is 28.2 Å². The van der Waals surface area contributed by atoms with Crippen LogP contribution in [0.4, 0.5) is 5.69 Å². The molecule has 1 aliphatic carbocycles. The third-order valence-electron chi connectivity index (χ3n) is 3.39. The van der Waals surface area contributed by atoms with Crippen LogP contribution >= 0.6 is 0 Å². The smallest absolute Gasteiger partial charge is 0.0600 e. The van der Waals surface area contributed by atoms with Crippen LogP contribution in [0.25, 0.3) is 0 Å². The van der Waals surface area contributed by atoms with E-state index in [1.165, 1.54) is 24.1 Å². The van der Waals surface area contributed by atoms with Gasteiger partial charge in [-0.3, -0.25) is 4.98 Å². The van der Waals surface area contributed by atoms with Gasteiger partial charge < -0.3 is 10.2 Å². The van der Waals surface area contributed by atoms with E-state index in [4.69, 9.17) is 0 Å². The lowest BCUT2D eigenvalue weighted by atomic mass is 10.2. The SMILES string of the molecule is CCN(c1cnccc1CNCC(C)C)C1CC1. The molecule has 1 aliphatic rings. The Hall–Kier alpha value is -1.09. The summed E-state index contributed by atoms with van der Waals surface area (Å²) >= 11 is 0. The van der Waals surface area contributed by atoms with Crippen LogP contribution in [0.2, 0.25) is 0 Å². The van der Waals surface area contributed by atoms with Crippen molar-refractivity contribution in [1.82, 2.24) is 10.3 Å². The molecule has 3 nitrogen and oxygen atoms in total. The second kappa shape index (κ2) is 6.19. The number of aromatic nitrogens is 1. The van der Waals surface area contributed by atoms with E-state index >= 15 is 0 Å². The number of nitrogens with zero attached hydrogens (tertiary/aromatic N) is 2. The summed E-state index contributed by atoms with van der Waals surface area (Å²) < 4.78 is 0. The van der Waals surface area contributed by atoms with Crippen LogP contribution in [0, 0.1) is 5.92 Å². The summed E-state index contributed by atoms with van der Waals surface area (Å²) in [7, 11) is 0. The fourth-order valence-electron chi connectivity index (χ4n) is 2.33. The highest BCUT2D eigenvalue weighted by Crippen LogP contribution is 2.32. The molecule has 0 amide bonds. The zero-order valence-corrected chi connectivity index (χ0v) is 11.8. The Morgan fingerprint density at radius 1 is 1.44 bits per heavy atom. The molecule has 0 aromatic carbocycles. The van der Waals surface area contributed by atoms with Crippen molar-refractivity contribution in [2.75, 3.05) is 18.0 Å². The predicted octanol–water partition coefficient (Wildman–Crippen LogP) is 2.82. The van der Waals surface area contributed by atoms with Crippen LogP contribution in [0.1, 0.15) is 39.2 Å². The summed E-state index contributed by atoms with van der Waals surface area (Å²) in [6, 6.07) is 2.90. The average Bonchev–Trinajstić information content (AvgIpc) is 3.16. The maximum Gasteiger partial charge on any atom is 0.0600 e. The average molecular weight is 247 g/mol. The van der Waals surface area contributed by atoms with Crippen molar-refractivity contribution >= 4 is 5.69 Å². The monoisotopic (exact) mass is 247 g/mol. The quantitative estimate of drug-likeness (QED) is 0.803. The van der Waals surface area contributed by atoms with E-state index in [2.05, 4.69) is 42.0 Å². The summed E-state index contributed by atoms with van der Waals surface area (Å²) in [5.74, 6) is 0.695. The van der Waals surface area contributed by atoms with Crippen LogP contribution in [0.3, 0.4) is 0 Å². The first-order valence-corrected chi connectivity index (χ1v) is 7.12. The molecule has 2 rings (SSSR count). The van der Waals surface area contributed by atoms with Gasteiger partial charge in [0.25, 0.3) is 0 Å². The van der Waals surface area contributed by atoms with Gasteiger partial charge in [-0.1, -0.05) is 13.8 Å². The highest BCUT2D eigenvalue weighted by atomic mass is 15.2. The number of hydrogen-bond donors (Lipinski definition) is 1. The molecule has 1 heterocycles. The maximum absolute atomic E-state index is 4.30. The van der Waals surface area contributed by atoms with Crippen molar-refractivity contribution < 1.29 is 0 Å². The van der Waals surface area contributed by atoms with E-state index in [0.717, 1.165) is 25.7 Å². The fraction of sp³-hybridized carbons (Fsp3) is 0.667. The summed E-state index contributed by atoms with van der Waals surface area (Å²) in [6.45, 7) is 9.80. The van der Waals surface area contributed by atoms with Gasteiger partial charge >= 0.3 is 0 Å². The molecule has 0 radical (unpaired) electrons. The third kappa shape index (κ3) is 3.45. The second-order valence-electron chi connectivity index (χ2n) is 5.55. The van der Waals surface area contributed by atoms with Crippen LogP contribution in [-0.4, -0.2) is 24.1 Å². The van der Waals surface area contributed by atoms with Crippen molar-refractivity contribution in [3.8, 4) is 0 Å². The highest BCUT2D eigenvalue weighted by molar-refractivity contribution is 5.53. The fourth-order valence-corrected chi connectivity index (χ4v) is 2.33. The van der Waals surface area contributed by atoms with Crippen molar-refractivity contribution in [3.05, 3.63) is 24.0 Å². The molecular weight excluding hydrogens is 222 g/mol. The lowest BCUT2D eigenvalue weighted by Crippen LogP contribution is -2.28. The minimum atomic E-state index is 0.695. The number of pyridine rings is 1. The Balaban J connectivity index is 2.04. The minimum absolute atomic E-state index is 0.695. The molecule has 0 unspecified atom stereocenters. The van der Waals surface area contributed by atoms with Gasteiger partial charge in [0, 0.05) is 25.3 Å². The number of hydrogen-bond acceptors (Lipinski definition) is 3. The van der Waals surface area contributed by atoms with E-state index in [9.17, 15) is 0 Å². The van der Waals surface area contributed by atoms with E-state index in [-0.39, 0.29) is 0 Å². The van der Waals surface area contributed by atoms with Crippen molar-refractivity contribution in [2.45, 2.75) is 46.2 Å². The van der Waals surface area contributed by atoms with Gasteiger partial charge in [0.1, 0.15) is 0 Å². The molecule has 3 heteroatoms. The summed E-state index contributed by atoms with van der Waals surface area (Å²) in [4.78, 5) is 6.80. The molecule has 0 atom stereocenters. The number of anilines is 1. The Labute approximate surface area is 111 Å². The van der Waals surface area contributed by atoms with Gasteiger partial charge in [0.2, 0.25) is 0 Å². The lowest BCUT2D eigenvalue weighted by Gasteiger charge is -2.25. The molecule has 1 aromatic heterocycles. The molecule has 100 valence electrons. The van der Waals surface area contributed by atoms with Gasteiger partial charge in [-0.2, -0.15) is 0 Å². The first kappa shape index (κ1) is 13.3. The molecule has 1 fully saturated rings.